The van der Waals surface area contributed by atoms with E-state index in [-0.39, 0.29) is 5.92 Å². The Labute approximate surface area is 167 Å². The molecule has 1 heterocycles. The van der Waals surface area contributed by atoms with Crippen molar-refractivity contribution >= 4 is 29.0 Å². The number of H-pyrrole nitrogens is 1. The molecule has 0 amide bonds. The highest BCUT2D eigenvalue weighted by molar-refractivity contribution is 6.36. The second kappa shape index (κ2) is 6.98. The number of methoxy groups -OCH3 is 2. The molecule has 0 radical (unpaired) electrons. The van der Waals surface area contributed by atoms with Gasteiger partial charge < -0.3 is 14.8 Å². The van der Waals surface area contributed by atoms with Crippen molar-refractivity contribution in [2.75, 3.05) is 19.5 Å². The Morgan fingerprint density at radius 2 is 1.78 bits per heavy atom. The maximum absolute atomic E-state index is 6.27. The fraction of sp³-hybridized carbons (Fsp3) is 0.250. The van der Waals surface area contributed by atoms with E-state index in [0.29, 0.717) is 22.3 Å². The van der Waals surface area contributed by atoms with Gasteiger partial charge in [-0.15, -0.1) is 0 Å². The fourth-order valence-corrected chi connectivity index (χ4v) is 4.14. The summed E-state index contributed by atoms with van der Waals surface area (Å²) in [5.74, 6) is 2.38. The van der Waals surface area contributed by atoms with Crippen molar-refractivity contribution in [3.63, 3.8) is 0 Å². The zero-order chi connectivity index (χ0) is 19.1. The van der Waals surface area contributed by atoms with Crippen molar-refractivity contribution < 1.29 is 9.47 Å². The van der Waals surface area contributed by atoms with Gasteiger partial charge in [0.25, 0.3) is 0 Å². The third-order valence-electron chi connectivity index (χ3n) is 5.02. The quantitative estimate of drug-likeness (QED) is 0.592. The van der Waals surface area contributed by atoms with Crippen LogP contribution in [-0.4, -0.2) is 24.4 Å². The average molecular weight is 404 g/mol. The number of hydrogen-bond acceptors (Lipinski definition) is 4. The summed E-state index contributed by atoms with van der Waals surface area (Å²) in [4.78, 5) is 0. The molecule has 0 spiro atoms. The van der Waals surface area contributed by atoms with Crippen molar-refractivity contribution in [1.29, 1.82) is 0 Å². The maximum Gasteiger partial charge on any atom is 0.161 e. The van der Waals surface area contributed by atoms with Crippen LogP contribution in [0.25, 0.3) is 11.3 Å². The third kappa shape index (κ3) is 2.91. The summed E-state index contributed by atoms with van der Waals surface area (Å²) in [5, 5.41) is 12.3. The summed E-state index contributed by atoms with van der Waals surface area (Å²) in [6.45, 7) is 2.64. The van der Waals surface area contributed by atoms with Crippen LogP contribution >= 0.6 is 23.2 Å². The van der Waals surface area contributed by atoms with Crippen molar-refractivity contribution in [3.05, 3.63) is 57.1 Å². The Bertz CT molecular complexity index is 996. The molecule has 0 saturated carbocycles. The summed E-state index contributed by atoms with van der Waals surface area (Å²) in [7, 11) is 3.28. The number of nitrogens with zero attached hydrogens (tertiary/aromatic N) is 1. The van der Waals surface area contributed by atoms with Gasteiger partial charge >= 0.3 is 0 Å². The van der Waals surface area contributed by atoms with Gasteiger partial charge in [-0.3, -0.25) is 5.10 Å². The molecule has 0 bridgehead atoms. The van der Waals surface area contributed by atoms with Gasteiger partial charge in [-0.1, -0.05) is 36.2 Å². The summed E-state index contributed by atoms with van der Waals surface area (Å²) in [5.41, 5.74) is 5.21. The first-order valence-electron chi connectivity index (χ1n) is 8.56. The van der Waals surface area contributed by atoms with Crippen LogP contribution < -0.4 is 14.8 Å². The minimum atomic E-state index is 0.165. The van der Waals surface area contributed by atoms with Crippen LogP contribution in [0.5, 0.6) is 11.5 Å². The normalized spacial score (nSPS) is 14.6. The molecule has 27 heavy (non-hydrogen) atoms. The molecule has 1 atom stereocenters. The van der Waals surface area contributed by atoms with Crippen molar-refractivity contribution in [2.24, 2.45) is 0 Å². The summed E-state index contributed by atoms with van der Waals surface area (Å²) >= 11 is 12.5. The molecular formula is C20H19Cl2N3O2. The number of hydrogen-bond donors (Lipinski definition) is 2. The van der Waals surface area contributed by atoms with Crippen LogP contribution in [0.1, 0.15) is 29.5 Å². The molecule has 1 aliphatic carbocycles. The molecule has 3 aromatic rings. The molecule has 0 unspecified atom stereocenters. The van der Waals surface area contributed by atoms with Crippen LogP contribution in [0, 0.1) is 0 Å². The Kier molecular flexibility index (Phi) is 4.66. The lowest BCUT2D eigenvalue weighted by atomic mass is 9.99. The van der Waals surface area contributed by atoms with Crippen molar-refractivity contribution in [3.8, 4) is 22.8 Å². The van der Waals surface area contributed by atoms with Gasteiger partial charge in [0.05, 0.1) is 19.9 Å². The first kappa shape index (κ1) is 18.0. The number of aromatic nitrogens is 2. The van der Waals surface area contributed by atoms with E-state index < -0.39 is 0 Å². The first-order chi connectivity index (χ1) is 13.0. The highest BCUT2D eigenvalue weighted by Gasteiger charge is 2.32. The molecule has 0 fully saturated rings. The highest BCUT2D eigenvalue weighted by Crippen LogP contribution is 2.50. The van der Waals surface area contributed by atoms with Gasteiger partial charge in [-0.05, 0) is 29.8 Å². The van der Waals surface area contributed by atoms with Gasteiger partial charge in [0, 0.05) is 39.2 Å². The molecule has 5 nitrogen and oxygen atoms in total. The fourth-order valence-electron chi connectivity index (χ4n) is 3.61. The predicted octanol–water partition coefficient (Wildman–Crippen LogP) is 5.48. The SMILES string of the molecule is COc1cc2c(cc1OC)[C@H](C)c1c(NCc3c(Cl)cccc3Cl)n[nH]c1-2. The van der Waals surface area contributed by atoms with Crippen LogP contribution in [-0.2, 0) is 6.54 Å². The smallest absolute Gasteiger partial charge is 0.161 e. The molecule has 1 aromatic heterocycles. The Morgan fingerprint density at radius 1 is 1.11 bits per heavy atom. The molecule has 140 valence electrons. The first-order valence-corrected chi connectivity index (χ1v) is 9.32. The van der Waals surface area contributed by atoms with Crippen LogP contribution in [0.4, 0.5) is 5.82 Å². The van der Waals surface area contributed by atoms with Crippen LogP contribution in [0.2, 0.25) is 10.0 Å². The molecule has 7 heteroatoms. The van der Waals surface area contributed by atoms with Gasteiger partial charge in [-0.25, -0.2) is 0 Å². The third-order valence-corrected chi connectivity index (χ3v) is 5.73. The Morgan fingerprint density at radius 3 is 2.44 bits per heavy atom. The lowest BCUT2D eigenvalue weighted by molar-refractivity contribution is 0.354. The molecule has 0 saturated heterocycles. The van der Waals surface area contributed by atoms with Gasteiger partial charge in [0.1, 0.15) is 0 Å². The van der Waals surface area contributed by atoms with Gasteiger partial charge in [0.15, 0.2) is 17.3 Å². The highest BCUT2D eigenvalue weighted by atomic mass is 35.5. The molecule has 4 rings (SSSR count). The van der Waals surface area contributed by atoms with E-state index in [2.05, 4.69) is 22.4 Å². The van der Waals surface area contributed by atoms with E-state index in [9.17, 15) is 0 Å². The number of ether oxygens (including phenoxy) is 2. The number of halogens is 2. The predicted molar refractivity (Wildman–Crippen MR) is 108 cm³/mol. The van der Waals surface area contributed by atoms with Gasteiger partial charge in [-0.2, -0.15) is 5.10 Å². The summed E-state index contributed by atoms with van der Waals surface area (Å²) < 4.78 is 10.9. The zero-order valence-corrected chi connectivity index (χ0v) is 16.7. The van der Waals surface area contributed by atoms with E-state index in [4.69, 9.17) is 32.7 Å². The summed E-state index contributed by atoms with van der Waals surface area (Å²) in [6.07, 6.45) is 0. The van der Waals surface area contributed by atoms with Gasteiger partial charge in [0.2, 0.25) is 0 Å². The Balaban J connectivity index is 1.68. The molecule has 0 aliphatic heterocycles. The number of fused-ring (bicyclic) bond motifs is 3. The van der Waals surface area contributed by atoms with E-state index >= 15 is 0 Å². The van der Waals surface area contributed by atoms with Crippen molar-refractivity contribution in [2.45, 2.75) is 19.4 Å². The van der Waals surface area contributed by atoms with E-state index in [1.807, 2.05) is 30.3 Å². The van der Waals surface area contributed by atoms with E-state index in [1.54, 1.807) is 14.2 Å². The van der Waals surface area contributed by atoms with Crippen LogP contribution in [0.15, 0.2) is 30.3 Å². The number of rotatable bonds is 5. The maximum atomic E-state index is 6.27. The topological polar surface area (TPSA) is 59.2 Å². The molecule has 2 N–H and O–H groups in total. The monoisotopic (exact) mass is 403 g/mol. The number of benzene rings is 2. The lowest BCUT2D eigenvalue weighted by Gasteiger charge is -2.13. The molecule has 2 aromatic carbocycles. The average Bonchev–Trinajstić information content (AvgIpc) is 3.20. The largest absolute Gasteiger partial charge is 0.493 e. The minimum absolute atomic E-state index is 0.165. The number of anilines is 1. The van der Waals surface area contributed by atoms with Crippen LogP contribution in [0.3, 0.4) is 0 Å². The number of aromatic amines is 1. The molecular weight excluding hydrogens is 385 g/mol. The second-order valence-corrected chi connectivity index (χ2v) is 7.25. The van der Waals surface area contributed by atoms with E-state index in [0.717, 1.165) is 34.0 Å². The Hall–Kier alpha value is -2.37. The number of nitrogens with one attached hydrogen (secondary N) is 2. The molecule has 1 aliphatic rings. The summed E-state index contributed by atoms with van der Waals surface area (Å²) in [6, 6.07) is 9.51. The lowest BCUT2D eigenvalue weighted by Crippen LogP contribution is -2.04. The zero-order valence-electron chi connectivity index (χ0n) is 15.2. The second-order valence-electron chi connectivity index (χ2n) is 6.43. The minimum Gasteiger partial charge on any atom is -0.493 e. The standard InChI is InChI=1S/C20H19Cl2N3O2/c1-10-11-7-16(26-2)17(27-3)8-12(11)19-18(10)20(25-24-19)23-9-13-14(21)5-4-6-15(13)22/h4-8,10H,9H2,1-3H3,(H2,23,24,25)/t10-/m0/s1. The van der Waals surface area contributed by atoms with E-state index in [1.165, 1.54) is 5.56 Å². The van der Waals surface area contributed by atoms with Crippen molar-refractivity contribution in [1.82, 2.24) is 10.2 Å².